The zero-order valence-electron chi connectivity index (χ0n) is 39.1. The predicted octanol–water partition coefficient (Wildman–Crippen LogP) is -0.264. The van der Waals surface area contributed by atoms with Crippen LogP contribution in [0.15, 0.2) is 38.6 Å². The summed E-state index contributed by atoms with van der Waals surface area (Å²) in [5.74, 6) is 2.11. The summed E-state index contributed by atoms with van der Waals surface area (Å²) in [6.07, 6.45) is 13.1. The molecule has 10 saturated heterocycles. The molecule has 3 saturated carbocycles. The van der Waals surface area contributed by atoms with Crippen molar-refractivity contribution < 1.29 is 67.2 Å². The number of epoxide rings is 10. The van der Waals surface area contributed by atoms with Gasteiger partial charge >= 0.3 is 17.1 Å². The minimum atomic E-state index is -0.594. The molecule has 2 bridgehead atoms. The molecule has 2 N–H and O–H groups in total. The molecule has 14 aliphatic rings. The highest BCUT2D eigenvalue weighted by Crippen LogP contribution is 2.56. The SMILES string of the molecule is C1CC2CC1C1OC21.C1OC1C1CO1.CCC1CO1.O=C1c2ccccc2C(=O)N1CC1CO1.O=c1n(CC2CO2)c(=O)n(CC2CO2)c(=O)n1CC1CO1.OCC1CCC2OC2C1.OCC1CO1. The first-order valence-corrected chi connectivity index (χ1v) is 24.9. The van der Waals surface area contributed by atoms with Crippen LogP contribution in [0, 0.1) is 17.8 Å². The van der Waals surface area contributed by atoms with E-state index in [1.165, 1.54) is 37.0 Å². The van der Waals surface area contributed by atoms with Crippen molar-refractivity contribution in [3.05, 3.63) is 66.8 Å². The number of aliphatic hydroxyl groups is 2. The van der Waals surface area contributed by atoms with E-state index in [0.29, 0.717) is 87.1 Å². The molecule has 2 amide bonds. The molecule has 15 atom stereocenters. The van der Waals surface area contributed by atoms with E-state index in [9.17, 15) is 24.0 Å². The molecule has 0 radical (unpaired) electrons. The number of rotatable bonds is 12. The molecule has 380 valence electrons. The average Bonchev–Trinajstić information content (AvgIpc) is 4.21. The van der Waals surface area contributed by atoms with E-state index < -0.39 is 17.1 Å². The zero-order valence-corrected chi connectivity index (χ0v) is 39.1. The van der Waals surface area contributed by atoms with Gasteiger partial charge < -0.3 is 57.6 Å². The standard InChI is InChI=1S/C12H15N3O6.C11H9NO3.C7H12O2.C7H10O.C4H6O2.C4H8O.C3H6O2/c16-10-13(1-7-4-19-7)11(17)15(3-9-6-21-9)12(18)14(10)2-8-5-20-8;13-10-8-3-1-2-4-9(8)11(14)12(10)5-7-6-15-7;8-4-5-1-2-6-7(3-5)9-6;1-2-5-3-4(1)6-7(5)8-6;1-3(5-1)4-2-6-4;1-2-4-3-5-4;4-1-3-2-5-3/h7-9H,1-6H2;1-4,7H,5-6H2;5-8H,1-4H2;4-7H,1-3H2;3-4H,1-2H2;4H,2-3H2,1H3;3-4H,1-2H2. The van der Waals surface area contributed by atoms with Crippen molar-refractivity contribution >= 4 is 11.8 Å². The van der Waals surface area contributed by atoms with Crippen LogP contribution in [0.3, 0.4) is 0 Å². The molecule has 0 spiro atoms. The smallest absolute Gasteiger partial charge is 0.336 e. The number of imide groups is 1. The van der Waals surface area contributed by atoms with Gasteiger partial charge in [0.25, 0.3) is 11.8 Å². The first-order valence-electron chi connectivity index (χ1n) is 24.9. The van der Waals surface area contributed by atoms with Gasteiger partial charge in [0.1, 0.15) is 18.3 Å². The lowest BCUT2D eigenvalue weighted by Crippen LogP contribution is -2.55. The number of carbonyl (C=O) groups excluding carboxylic acids is 2. The van der Waals surface area contributed by atoms with Crippen LogP contribution in [0.25, 0.3) is 0 Å². The van der Waals surface area contributed by atoms with Crippen molar-refractivity contribution in [2.24, 2.45) is 17.8 Å². The molecule has 16 rings (SSSR count). The number of carbonyl (C=O) groups is 2. The van der Waals surface area contributed by atoms with Gasteiger partial charge in [0.2, 0.25) is 0 Å². The van der Waals surface area contributed by atoms with Crippen LogP contribution in [0.1, 0.15) is 72.6 Å². The Hall–Kier alpha value is -3.71. The van der Waals surface area contributed by atoms with E-state index in [1.54, 1.807) is 24.3 Å². The fraction of sp³-hybridized carbons (Fsp3) is 0.771. The van der Waals surface area contributed by atoms with Gasteiger partial charge in [0.15, 0.2) is 0 Å². The van der Waals surface area contributed by atoms with E-state index in [0.717, 1.165) is 77.0 Å². The third-order valence-electron chi connectivity index (χ3n) is 14.4. The summed E-state index contributed by atoms with van der Waals surface area (Å²) >= 11 is 0. The molecular weight excluding hydrogens is 905 g/mol. The van der Waals surface area contributed by atoms with Gasteiger partial charge in [0.05, 0.1) is 152 Å². The maximum absolute atomic E-state index is 12.4. The molecule has 11 aliphatic heterocycles. The lowest BCUT2D eigenvalue weighted by Gasteiger charge is -2.14. The van der Waals surface area contributed by atoms with E-state index >= 15 is 0 Å². The van der Waals surface area contributed by atoms with Crippen LogP contribution in [0.2, 0.25) is 0 Å². The number of ether oxygens (including phenoxy) is 10. The van der Waals surface area contributed by atoms with Crippen molar-refractivity contribution in [1.29, 1.82) is 0 Å². The Morgan fingerprint density at radius 2 is 0.913 bits per heavy atom. The highest BCUT2D eigenvalue weighted by Gasteiger charge is 2.59. The Bertz CT molecular complexity index is 2090. The summed E-state index contributed by atoms with van der Waals surface area (Å²) in [5.41, 5.74) is -0.775. The molecule has 69 heavy (non-hydrogen) atoms. The molecule has 13 fully saturated rings. The average molecular weight is 971 g/mol. The fourth-order valence-corrected chi connectivity index (χ4v) is 9.28. The monoisotopic (exact) mass is 970 g/mol. The van der Waals surface area contributed by atoms with Crippen LogP contribution in [-0.2, 0) is 67.0 Å². The Balaban J connectivity index is 0.000000100. The van der Waals surface area contributed by atoms with Gasteiger partial charge in [-0.1, -0.05) is 19.1 Å². The molecular formula is C48H66N4O17. The summed E-state index contributed by atoms with van der Waals surface area (Å²) in [4.78, 5) is 62.0. The summed E-state index contributed by atoms with van der Waals surface area (Å²) in [6, 6.07) is 6.90. The summed E-state index contributed by atoms with van der Waals surface area (Å²) in [5, 5.41) is 16.9. The highest BCUT2D eigenvalue weighted by atomic mass is 16.7. The van der Waals surface area contributed by atoms with Gasteiger partial charge in [-0.2, -0.15) is 0 Å². The summed E-state index contributed by atoms with van der Waals surface area (Å²) in [6.45, 7) is 9.47. The van der Waals surface area contributed by atoms with Crippen molar-refractivity contribution in [1.82, 2.24) is 18.6 Å². The number of nitrogens with zero attached hydrogens (tertiary/aromatic N) is 4. The molecule has 12 heterocycles. The number of fused-ring (bicyclic) bond motifs is 7. The van der Waals surface area contributed by atoms with E-state index in [1.807, 2.05) is 0 Å². The number of aromatic nitrogens is 3. The largest absolute Gasteiger partial charge is 0.396 e. The Kier molecular flexibility index (Phi) is 15.3. The molecule has 2 aromatic rings. The van der Waals surface area contributed by atoms with Crippen LogP contribution >= 0.6 is 0 Å². The van der Waals surface area contributed by atoms with E-state index in [2.05, 4.69) is 11.7 Å². The summed E-state index contributed by atoms with van der Waals surface area (Å²) < 4.78 is 53.5. The fourth-order valence-electron chi connectivity index (χ4n) is 9.28. The zero-order chi connectivity index (χ0) is 47.8. The van der Waals surface area contributed by atoms with Crippen LogP contribution in [0.5, 0.6) is 0 Å². The lowest BCUT2D eigenvalue weighted by atomic mass is 9.90. The first-order chi connectivity index (χ1) is 33.6. The predicted molar refractivity (Wildman–Crippen MR) is 239 cm³/mol. The Morgan fingerprint density at radius 3 is 1.22 bits per heavy atom. The van der Waals surface area contributed by atoms with Gasteiger partial charge in [0, 0.05) is 6.61 Å². The third kappa shape index (κ3) is 13.6. The van der Waals surface area contributed by atoms with E-state index in [-0.39, 0.29) is 68.6 Å². The van der Waals surface area contributed by atoms with E-state index in [4.69, 9.17) is 52.8 Å². The quantitative estimate of drug-likeness (QED) is 0.205. The third-order valence-corrected chi connectivity index (χ3v) is 14.4. The summed E-state index contributed by atoms with van der Waals surface area (Å²) in [7, 11) is 0. The van der Waals surface area contributed by atoms with Crippen LogP contribution in [-0.4, -0.2) is 186 Å². The Labute approximate surface area is 398 Å². The lowest BCUT2D eigenvalue weighted by molar-refractivity contribution is 0.0642. The minimum absolute atomic E-state index is 0.0483. The minimum Gasteiger partial charge on any atom is -0.396 e. The second-order valence-corrected chi connectivity index (χ2v) is 20.0. The van der Waals surface area contributed by atoms with Crippen molar-refractivity contribution in [2.75, 3.05) is 72.6 Å². The number of amides is 2. The molecule has 1 aromatic carbocycles. The van der Waals surface area contributed by atoms with Crippen LogP contribution < -0.4 is 17.1 Å². The van der Waals surface area contributed by atoms with Crippen molar-refractivity contribution in [2.45, 2.75) is 145 Å². The number of hydrogen-bond donors (Lipinski definition) is 2. The van der Waals surface area contributed by atoms with Crippen molar-refractivity contribution in [3.63, 3.8) is 0 Å². The van der Waals surface area contributed by atoms with Crippen LogP contribution in [0.4, 0.5) is 0 Å². The molecule has 1 aromatic heterocycles. The van der Waals surface area contributed by atoms with Gasteiger partial charge in [-0.15, -0.1) is 0 Å². The second-order valence-electron chi connectivity index (χ2n) is 20.0. The van der Waals surface area contributed by atoms with Gasteiger partial charge in [-0.05, 0) is 74.8 Å². The molecule has 21 heteroatoms. The Morgan fingerprint density at radius 1 is 0.478 bits per heavy atom. The van der Waals surface area contributed by atoms with Gasteiger partial charge in [-0.3, -0.25) is 14.5 Å². The maximum Gasteiger partial charge on any atom is 0.336 e. The molecule has 3 aliphatic carbocycles. The first kappa shape index (κ1) is 48.9. The maximum atomic E-state index is 12.4. The number of benzene rings is 1. The molecule has 21 nitrogen and oxygen atoms in total. The second kappa shape index (κ2) is 21.6. The topological polar surface area (TPSA) is 269 Å². The van der Waals surface area contributed by atoms with Gasteiger partial charge in [-0.25, -0.2) is 28.1 Å². The highest BCUT2D eigenvalue weighted by molar-refractivity contribution is 6.21. The number of aliphatic hydroxyl groups excluding tert-OH is 2. The van der Waals surface area contributed by atoms with Crippen molar-refractivity contribution in [3.8, 4) is 0 Å². The normalized spacial score (nSPS) is 37.4. The number of hydrogen-bond acceptors (Lipinski definition) is 17. The molecule has 15 unspecified atom stereocenters.